The summed E-state index contributed by atoms with van der Waals surface area (Å²) in [5.41, 5.74) is 1.33. The summed E-state index contributed by atoms with van der Waals surface area (Å²) in [6, 6.07) is 18.5. The van der Waals surface area contributed by atoms with Gasteiger partial charge in [0.1, 0.15) is 0 Å². The molecule has 0 spiro atoms. The lowest BCUT2D eigenvalue weighted by molar-refractivity contribution is 0.938. The van der Waals surface area contributed by atoms with Gasteiger partial charge in [-0.2, -0.15) is 5.26 Å². The zero-order valence-corrected chi connectivity index (χ0v) is 10.4. The van der Waals surface area contributed by atoms with Gasteiger partial charge in [0.05, 0.1) is 6.07 Å². The fourth-order valence-electron chi connectivity index (χ4n) is 1.69. The van der Waals surface area contributed by atoms with Gasteiger partial charge in [0.25, 0.3) is 0 Å². The Hall–Kier alpha value is -1.49. The van der Waals surface area contributed by atoms with E-state index in [-0.39, 0.29) is 0 Å². The minimum atomic E-state index is -1.24. The normalized spacial score (nSPS) is 13.7. The van der Waals surface area contributed by atoms with Crippen molar-refractivity contribution in [2.75, 3.05) is 0 Å². The monoisotopic (exact) mass is 261 g/mol. The Labute approximate surface area is 110 Å². The van der Waals surface area contributed by atoms with Crippen LogP contribution in [0.25, 0.3) is 0 Å². The lowest BCUT2D eigenvalue weighted by Crippen LogP contribution is -2.18. The van der Waals surface area contributed by atoms with Crippen molar-refractivity contribution in [3.63, 3.8) is 0 Å². The first kappa shape index (κ1) is 12.0. The quantitative estimate of drug-likeness (QED) is 0.738. The smallest absolute Gasteiger partial charge is 0.182 e. The molecule has 0 bridgehead atoms. The molecule has 0 heterocycles. The van der Waals surface area contributed by atoms with Gasteiger partial charge in [-0.15, -0.1) is 0 Å². The highest BCUT2D eigenvalue weighted by atomic mass is 35.5. The molecule has 1 atom stereocenters. The summed E-state index contributed by atoms with van der Waals surface area (Å²) in [6.45, 7) is 0. The number of hydrogen-bond acceptors (Lipinski definition) is 1. The molecule has 17 heavy (non-hydrogen) atoms. The SMILES string of the molecule is N#CC(Cl)(c1ccccc1)c1ccccc1Cl. The fourth-order valence-corrected chi connectivity index (χ4v) is 2.31. The van der Waals surface area contributed by atoms with Crippen LogP contribution in [0.15, 0.2) is 54.6 Å². The maximum absolute atomic E-state index is 9.38. The van der Waals surface area contributed by atoms with Crippen molar-refractivity contribution in [3.05, 3.63) is 70.7 Å². The van der Waals surface area contributed by atoms with E-state index in [0.29, 0.717) is 10.6 Å². The van der Waals surface area contributed by atoms with E-state index in [1.807, 2.05) is 42.5 Å². The molecule has 2 rings (SSSR count). The average molecular weight is 262 g/mol. The highest BCUT2D eigenvalue weighted by Gasteiger charge is 2.33. The topological polar surface area (TPSA) is 23.8 Å². The maximum Gasteiger partial charge on any atom is 0.182 e. The van der Waals surface area contributed by atoms with Crippen molar-refractivity contribution in [1.82, 2.24) is 0 Å². The highest BCUT2D eigenvalue weighted by Crippen LogP contribution is 2.39. The summed E-state index contributed by atoms with van der Waals surface area (Å²) in [7, 11) is 0. The van der Waals surface area contributed by atoms with Crippen LogP contribution < -0.4 is 0 Å². The Balaban J connectivity index is 2.62. The van der Waals surface area contributed by atoms with Gasteiger partial charge in [-0.3, -0.25) is 0 Å². The predicted octanol–water partition coefficient (Wildman–Crippen LogP) is 4.35. The Morgan fingerprint density at radius 2 is 1.53 bits per heavy atom. The van der Waals surface area contributed by atoms with Gasteiger partial charge >= 0.3 is 0 Å². The first-order valence-electron chi connectivity index (χ1n) is 5.09. The summed E-state index contributed by atoms with van der Waals surface area (Å²) < 4.78 is 0. The number of alkyl halides is 1. The van der Waals surface area contributed by atoms with Crippen LogP contribution in [0, 0.1) is 11.3 Å². The highest BCUT2D eigenvalue weighted by molar-refractivity contribution is 6.34. The first-order chi connectivity index (χ1) is 8.18. The number of nitriles is 1. The lowest BCUT2D eigenvalue weighted by Gasteiger charge is -2.21. The van der Waals surface area contributed by atoms with Crippen LogP contribution in [0.1, 0.15) is 11.1 Å². The minimum Gasteiger partial charge on any atom is -0.196 e. The zero-order valence-electron chi connectivity index (χ0n) is 8.90. The summed E-state index contributed by atoms with van der Waals surface area (Å²) in [6.07, 6.45) is 0. The molecule has 3 heteroatoms. The molecule has 0 N–H and O–H groups in total. The van der Waals surface area contributed by atoms with Gasteiger partial charge in [0.2, 0.25) is 0 Å². The molecule has 1 nitrogen and oxygen atoms in total. The summed E-state index contributed by atoms with van der Waals surface area (Å²) >= 11 is 12.5. The van der Waals surface area contributed by atoms with E-state index in [4.69, 9.17) is 23.2 Å². The van der Waals surface area contributed by atoms with Crippen molar-refractivity contribution in [1.29, 1.82) is 5.26 Å². The summed E-state index contributed by atoms with van der Waals surface area (Å²) in [4.78, 5) is -1.24. The molecule has 84 valence electrons. The van der Waals surface area contributed by atoms with Crippen molar-refractivity contribution in [2.45, 2.75) is 4.87 Å². The Morgan fingerprint density at radius 3 is 2.12 bits per heavy atom. The molecule has 1 unspecified atom stereocenters. The molecular weight excluding hydrogens is 253 g/mol. The molecule has 0 fully saturated rings. The van der Waals surface area contributed by atoms with Gasteiger partial charge in [0.15, 0.2) is 4.87 Å². The van der Waals surface area contributed by atoms with Crippen LogP contribution in [0.3, 0.4) is 0 Å². The second kappa shape index (κ2) is 4.79. The van der Waals surface area contributed by atoms with E-state index in [1.54, 1.807) is 12.1 Å². The van der Waals surface area contributed by atoms with Crippen molar-refractivity contribution in [3.8, 4) is 6.07 Å². The van der Waals surface area contributed by atoms with Crippen molar-refractivity contribution >= 4 is 23.2 Å². The zero-order chi connectivity index (χ0) is 12.3. The predicted molar refractivity (Wildman–Crippen MR) is 70.1 cm³/mol. The molecule has 2 aromatic carbocycles. The molecule has 0 saturated heterocycles. The molecule has 2 aromatic rings. The van der Waals surface area contributed by atoms with Crippen LogP contribution in [0.2, 0.25) is 5.02 Å². The van der Waals surface area contributed by atoms with Crippen LogP contribution in [-0.4, -0.2) is 0 Å². The van der Waals surface area contributed by atoms with Gasteiger partial charge in [-0.05, 0) is 11.6 Å². The van der Waals surface area contributed by atoms with Crippen LogP contribution >= 0.6 is 23.2 Å². The van der Waals surface area contributed by atoms with Crippen molar-refractivity contribution < 1.29 is 0 Å². The number of rotatable bonds is 2. The van der Waals surface area contributed by atoms with Crippen LogP contribution in [0.5, 0.6) is 0 Å². The largest absolute Gasteiger partial charge is 0.196 e. The summed E-state index contributed by atoms with van der Waals surface area (Å²) in [5.74, 6) is 0. The van der Waals surface area contributed by atoms with E-state index < -0.39 is 4.87 Å². The Bertz CT molecular complexity index is 560. The molecule has 0 radical (unpaired) electrons. The van der Waals surface area contributed by atoms with E-state index in [1.165, 1.54) is 0 Å². The molecule has 0 amide bonds. The third-order valence-electron chi connectivity index (χ3n) is 2.57. The first-order valence-corrected chi connectivity index (χ1v) is 5.85. The molecule has 0 aliphatic carbocycles. The molecule has 0 aliphatic rings. The number of hydrogen-bond donors (Lipinski definition) is 0. The Morgan fingerprint density at radius 1 is 0.941 bits per heavy atom. The van der Waals surface area contributed by atoms with Crippen molar-refractivity contribution in [2.24, 2.45) is 0 Å². The number of benzene rings is 2. The fraction of sp³-hybridized carbons (Fsp3) is 0.0714. The van der Waals surface area contributed by atoms with Gasteiger partial charge in [-0.25, -0.2) is 0 Å². The standard InChI is InChI=1S/C14H9Cl2N/c15-13-9-5-4-8-12(13)14(16,10-17)11-6-2-1-3-7-11/h1-9H. The van der Waals surface area contributed by atoms with Gasteiger partial charge in [-0.1, -0.05) is 71.7 Å². The number of nitrogens with zero attached hydrogens (tertiary/aromatic N) is 1. The third kappa shape index (κ3) is 2.15. The third-order valence-corrected chi connectivity index (χ3v) is 3.41. The number of halogens is 2. The van der Waals surface area contributed by atoms with E-state index in [9.17, 15) is 5.26 Å². The van der Waals surface area contributed by atoms with Gasteiger partial charge < -0.3 is 0 Å². The van der Waals surface area contributed by atoms with E-state index in [2.05, 4.69) is 6.07 Å². The lowest BCUT2D eigenvalue weighted by atomic mass is 9.91. The van der Waals surface area contributed by atoms with Gasteiger partial charge in [0, 0.05) is 10.6 Å². The second-order valence-electron chi connectivity index (χ2n) is 3.62. The molecular formula is C14H9Cl2N. The second-order valence-corrected chi connectivity index (χ2v) is 4.59. The summed E-state index contributed by atoms with van der Waals surface area (Å²) in [5, 5.41) is 9.87. The molecule has 0 saturated carbocycles. The average Bonchev–Trinajstić information content (AvgIpc) is 2.39. The molecule has 0 aromatic heterocycles. The maximum atomic E-state index is 9.38. The Kier molecular flexibility index (Phi) is 3.38. The van der Waals surface area contributed by atoms with E-state index in [0.717, 1.165) is 5.56 Å². The molecule has 0 aliphatic heterocycles. The van der Waals surface area contributed by atoms with Crippen LogP contribution in [-0.2, 0) is 4.87 Å². The van der Waals surface area contributed by atoms with Crippen LogP contribution in [0.4, 0.5) is 0 Å². The minimum absolute atomic E-state index is 0.493. The van der Waals surface area contributed by atoms with E-state index >= 15 is 0 Å².